The van der Waals surface area contributed by atoms with Crippen molar-refractivity contribution < 1.29 is 9.47 Å². The number of ether oxygens (including phenoxy) is 2. The first-order valence-corrected chi connectivity index (χ1v) is 6.53. The largest absolute Gasteiger partial charge is 0.366 e. The van der Waals surface area contributed by atoms with Crippen LogP contribution in [0.5, 0.6) is 0 Å². The van der Waals surface area contributed by atoms with Gasteiger partial charge in [0.05, 0.1) is 13.2 Å². The molecule has 1 aromatic carbocycles. The molecular formula is C18H22O2. The lowest BCUT2D eigenvalue weighted by Gasteiger charge is -2.35. The van der Waals surface area contributed by atoms with Crippen LogP contribution < -0.4 is 0 Å². The summed E-state index contributed by atoms with van der Waals surface area (Å²) >= 11 is 0. The Morgan fingerprint density at radius 3 is 2.05 bits per heavy atom. The Balaban J connectivity index is 3.16. The van der Waals surface area contributed by atoms with Crippen molar-refractivity contribution >= 4 is 0 Å². The molecule has 0 unspecified atom stereocenters. The highest BCUT2D eigenvalue weighted by Crippen LogP contribution is 2.35. The average molecular weight is 270 g/mol. The van der Waals surface area contributed by atoms with Gasteiger partial charge in [-0.2, -0.15) is 0 Å². The molecule has 0 bridgehead atoms. The van der Waals surface area contributed by atoms with Crippen LogP contribution in [0, 0.1) is 0 Å². The third kappa shape index (κ3) is 3.80. The zero-order valence-corrected chi connectivity index (χ0v) is 11.8. The average Bonchev–Trinajstić information content (AvgIpc) is 2.52. The van der Waals surface area contributed by atoms with Crippen molar-refractivity contribution in [1.82, 2.24) is 0 Å². The fourth-order valence-electron chi connectivity index (χ4n) is 1.97. The summed E-state index contributed by atoms with van der Waals surface area (Å²) in [6.07, 6.45) is 6.49. The summed E-state index contributed by atoms with van der Waals surface area (Å²) in [4.78, 5) is 0. The number of hydrogen-bond donors (Lipinski definition) is 0. The smallest absolute Gasteiger partial charge is 0.134 e. The maximum absolute atomic E-state index is 5.90. The highest BCUT2D eigenvalue weighted by molar-refractivity contribution is 5.27. The molecule has 0 amide bonds. The van der Waals surface area contributed by atoms with Gasteiger partial charge in [0, 0.05) is 0 Å². The van der Waals surface area contributed by atoms with Crippen LogP contribution in [-0.2, 0) is 9.47 Å². The Kier molecular flexibility index (Phi) is 6.71. The minimum absolute atomic E-state index is 0.336. The van der Waals surface area contributed by atoms with Gasteiger partial charge in [-0.1, -0.05) is 67.8 Å². The van der Waals surface area contributed by atoms with Crippen LogP contribution in [0.3, 0.4) is 0 Å². The summed E-state index contributed by atoms with van der Waals surface area (Å²) in [7, 11) is 0. The lowest BCUT2D eigenvalue weighted by molar-refractivity contribution is -0.0816. The second-order valence-electron chi connectivity index (χ2n) is 4.27. The van der Waals surface area contributed by atoms with E-state index in [0.29, 0.717) is 13.2 Å². The van der Waals surface area contributed by atoms with Gasteiger partial charge in [0.2, 0.25) is 0 Å². The molecule has 2 nitrogen and oxygen atoms in total. The van der Waals surface area contributed by atoms with E-state index in [-0.39, 0.29) is 6.10 Å². The zero-order valence-electron chi connectivity index (χ0n) is 11.8. The second-order valence-corrected chi connectivity index (χ2v) is 4.27. The van der Waals surface area contributed by atoms with Gasteiger partial charge in [0.15, 0.2) is 0 Å². The van der Waals surface area contributed by atoms with E-state index in [2.05, 4.69) is 26.3 Å². The minimum atomic E-state index is -0.807. The number of rotatable bonds is 10. The van der Waals surface area contributed by atoms with E-state index < -0.39 is 5.60 Å². The highest BCUT2D eigenvalue weighted by Gasteiger charge is 2.36. The van der Waals surface area contributed by atoms with E-state index in [4.69, 9.17) is 9.47 Å². The Labute approximate surface area is 121 Å². The normalized spacial score (nSPS) is 12.4. The predicted molar refractivity (Wildman–Crippen MR) is 84.6 cm³/mol. The summed E-state index contributed by atoms with van der Waals surface area (Å²) < 4.78 is 11.8. The molecule has 0 N–H and O–H groups in total. The molecule has 1 rings (SSSR count). The lowest BCUT2D eigenvalue weighted by atomic mass is 9.90. The van der Waals surface area contributed by atoms with Crippen molar-refractivity contribution in [3.63, 3.8) is 0 Å². The first-order chi connectivity index (χ1) is 9.74. The molecule has 0 radical (unpaired) electrons. The fraction of sp³-hybridized carbons (Fsp3) is 0.222. The number of hydrogen-bond acceptors (Lipinski definition) is 2. The molecule has 0 saturated carbocycles. The molecule has 0 aromatic heterocycles. The fourth-order valence-corrected chi connectivity index (χ4v) is 1.97. The summed E-state index contributed by atoms with van der Waals surface area (Å²) in [5.74, 6) is 0. The van der Waals surface area contributed by atoms with Gasteiger partial charge in [0.1, 0.15) is 11.7 Å². The maximum Gasteiger partial charge on any atom is 0.134 e. The van der Waals surface area contributed by atoms with E-state index in [9.17, 15) is 0 Å². The molecule has 0 aliphatic carbocycles. The van der Waals surface area contributed by atoms with Gasteiger partial charge in [-0.3, -0.25) is 0 Å². The molecule has 0 saturated heterocycles. The third-order valence-electron chi connectivity index (χ3n) is 2.98. The molecule has 0 heterocycles. The lowest BCUT2D eigenvalue weighted by Crippen LogP contribution is -2.37. The van der Waals surface area contributed by atoms with Crippen LogP contribution in [0.1, 0.15) is 11.7 Å². The molecule has 0 aliphatic rings. The van der Waals surface area contributed by atoms with Crippen LogP contribution in [0.2, 0.25) is 0 Å². The highest BCUT2D eigenvalue weighted by atomic mass is 16.5. The van der Waals surface area contributed by atoms with Gasteiger partial charge in [-0.05, 0) is 5.56 Å². The first-order valence-electron chi connectivity index (χ1n) is 6.53. The quantitative estimate of drug-likeness (QED) is 0.592. The summed E-state index contributed by atoms with van der Waals surface area (Å²) in [5, 5.41) is 0. The molecule has 2 heteroatoms. The first kappa shape index (κ1) is 16.2. The molecule has 106 valence electrons. The molecule has 20 heavy (non-hydrogen) atoms. The van der Waals surface area contributed by atoms with Gasteiger partial charge >= 0.3 is 0 Å². The van der Waals surface area contributed by atoms with E-state index in [1.807, 2.05) is 30.3 Å². The van der Waals surface area contributed by atoms with Crippen molar-refractivity contribution in [2.75, 3.05) is 13.2 Å². The molecule has 1 atom stereocenters. The maximum atomic E-state index is 5.90. The molecule has 0 aliphatic heterocycles. The Morgan fingerprint density at radius 1 is 0.950 bits per heavy atom. The predicted octanol–water partition coefficient (Wildman–Crippen LogP) is 4.24. The van der Waals surface area contributed by atoms with Crippen molar-refractivity contribution in [3.8, 4) is 0 Å². The minimum Gasteiger partial charge on any atom is -0.366 e. The Bertz CT molecular complexity index is 440. The molecule has 0 spiro atoms. The zero-order chi connectivity index (χ0) is 14.8. The van der Waals surface area contributed by atoms with Crippen LogP contribution in [0.25, 0.3) is 0 Å². The van der Waals surface area contributed by atoms with E-state index in [1.54, 1.807) is 24.3 Å². The van der Waals surface area contributed by atoms with Crippen molar-refractivity contribution in [3.05, 3.63) is 86.5 Å². The number of benzene rings is 1. The van der Waals surface area contributed by atoms with Gasteiger partial charge in [0.25, 0.3) is 0 Å². The standard InChI is InChI=1S/C18H22O2/c1-5-14-19-17(16-12-10-9-11-13-16)18(7-3,8-4)20-15-6-2/h5-13,17H,1-4,14-15H2/t17-/m1/s1. The van der Waals surface area contributed by atoms with Crippen LogP contribution in [0.4, 0.5) is 0 Å². The van der Waals surface area contributed by atoms with Crippen LogP contribution >= 0.6 is 0 Å². The topological polar surface area (TPSA) is 18.5 Å². The molecule has 0 fully saturated rings. The van der Waals surface area contributed by atoms with Crippen LogP contribution in [0.15, 0.2) is 81.0 Å². The van der Waals surface area contributed by atoms with E-state index in [1.165, 1.54) is 0 Å². The van der Waals surface area contributed by atoms with Crippen molar-refractivity contribution in [1.29, 1.82) is 0 Å². The summed E-state index contributed by atoms with van der Waals surface area (Å²) in [5.41, 5.74) is 0.191. The van der Waals surface area contributed by atoms with Gasteiger partial charge in [-0.15, -0.1) is 13.2 Å². The van der Waals surface area contributed by atoms with Crippen molar-refractivity contribution in [2.45, 2.75) is 11.7 Å². The third-order valence-corrected chi connectivity index (χ3v) is 2.98. The SMILES string of the molecule is C=CCO[C@H](c1ccccc1)C(C=C)(C=C)OCC=C. The van der Waals surface area contributed by atoms with E-state index in [0.717, 1.165) is 5.56 Å². The van der Waals surface area contributed by atoms with E-state index >= 15 is 0 Å². The van der Waals surface area contributed by atoms with Gasteiger partial charge < -0.3 is 9.47 Å². The Morgan fingerprint density at radius 2 is 1.55 bits per heavy atom. The Hall–Kier alpha value is -1.90. The monoisotopic (exact) mass is 270 g/mol. The summed E-state index contributed by atoms with van der Waals surface area (Å²) in [6, 6.07) is 9.87. The van der Waals surface area contributed by atoms with Crippen molar-refractivity contribution in [2.24, 2.45) is 0 Å². The second kappa shape index (κ2) is 8.31. The summed E-state index contributed by atoms with van der Waals surface area (Å²) in [6.45, 7) is 15.9. The van der Waals surface area contributed by atoms with Crippen LogP contribution in [-0.4, -0.2) is 18.8 Å². The molecule has 1 aromatic rings. The van der Waals surface area contributed by atoms with Gasteiger partial charge in [-0.25, -0.2) is 0 Å². The molecular weight excluding hydrogens is 248 g/mol.